The molecule has 2 rings (SSSR count). The van der Waals surface area contributed by atoms with Gasteiger partial charge in [0.2, 0.25) is 10.0 Å². The lowest BCUT2D eigenvalue weighted by Gasteiger charge is -2.10. The lowest BCUT2D eigenvalue weighted by atomic mass is 10.1. The van der Waals surface area contributed by atoms with E-state index in [1.807, 2.05) is 6.92 Å². The van der Waals surface area contributed by atoms with E-state index < -0.39 is 21.8 Å². The molecule has 0 heterocycles. The molecule has 0 unspecified atom stereocenters. The van der Waals surface area contributed by atoms with E-state index in [4.69, 9.17) is 0 Å². The normalized spacial score (nSPS) is 12.3. The molecule has 124 valence electrons. The Morgan fingerprint density at radius 3 is 2.22 bits per heavy atom. The average Bonchev–Trinajstić information content (AvgIpc) is 2.52. The fourth-order valence-corrected chi connectivity index (χ4v) is 3.04. The molecule has 2 aromatic rings. The van der Waals surface area contributed by atoms with E-state index in [9.17, 15) is 21.6 Å². The topological polar surface area (TPSA) is 46.2 Å². The molecule has 0 aromatic heterocycles. The van der Waals surface area contributed by atoms with Gasteiger partial charge in [0.1, 0.15) is 0 Å². The first-order valence-corrected chi connectivity index (χ1v) is 8.45. The molecule has 7 heteroatoms. The fraction of sp³-hybridized carbons (Fsp3) is 0.250. The van der Waals surface area contributed by atoms with Crippen LogP contribution in [0.4, 0.5) is 13.2 Å². The monoisotopic (exact) mass is 343 g/mol. The minimum atomic E-state index is -4.45. The highest BCUT2D eigenvalue weighted by molar-refractivity contribution is 7.89. The number of rotatable bonds is 5. The quantitative estimate of drug-likeness (QED) is 0.899. The maximum Gasteiger partial charge on any atom is 0.416 e. The Kier molecular flexibility index (Phi) is 5.11. The number of halogens is 3. The van der Waals surface area contributed by atoms with Crippen LogP contribution in [-0.2, 0) is 29.2 Å². The second-order valence-electron chi connectivity index (χ2n) is 5.02. The van der Waals surface area contributed by atoms with E-state index in [1.54, 1.807) is 12.1 Å². The Labute approximate surface area is 133 Å². The van der Waals surface area contributed by atoms with E-state index in [0.29, 0.717) is 0 Å². The highest BCUT2D eigenvalue weighted by atomic mass is 32.2. The second-order valence-corrected chi connectivity index (χ2v) is 6.79. The Morgan fingerprint density at radius 1 is 1.00 bits per heavy atom. The molecule has 0 fully saturated rings. The molecule has 0 amide bonds. The smallest absolute Gasteiger partial charge is 0.207 e. The summed E-state index contributed by atoms with van der Waals surface area (Å²) in [7, 11) is -3.76. The van der Waals surface area contributed by atoms with Gasteiger partial charge in [-0.1, -0.05) is 37.3 Å². The van der Waals surface area contributed by atoms with Crippen molar-refractivity contribution >= 4 is 10.0 Å². The molecule has 1 N–H and O–H groups in total. The van der Waals surface area contributed by atoms with E-state index >= 15 is 0 Å². The van der Waals surface area contributed by atoms with Crippen molar-refractivity contribution in [2.24, 2.45) is 0 Å². The Balaban J connectivity index is 2.13. The number of alkyl halides is 3. The maximum absolute atomic E-state index is 12.6. The number of benzene rings is 2. The third kappa shape index (κ3) is 4.56. The molecular formula is C16H16F3NO2S. The molecule has 0 bridgehead atoms. The predicted molar refractivity (Wildman–Crippen MR) is 81.3 cm³/mol. The third-order valence-corrected chi connectivity index (χ3v) is 4.78. The third-order valence-electron chi connectivity index (χ3n) is 3.36. The highest BCUT2D eigenvalue weighted by Crippen LogP contribution is 2.29. The lowest BCUT2D eigenvalue weighted by Crippen LogP contribution is -2.23. The first-order valence-electron chi connectivity index (χ1n) is 6.97. The summed E-state index contributed by atoms with van der Waals surface area (Å²) < 4.78 is 64.5. The zero-order valence-electron chi connectivity index (χ0n) is 12.4. The van der Waals surface area contributed by atoms with Crippen molar-refractivity contribution in [3.63, 3.8) is 0 Å². The Morgan fingerprint density at radius 2 is 1.65 bits per heavy atom. The van der Waals surface area contributed by atoms with Crippen molar-refractivity contribution in [1.29, 1.82) is 0 Å². The van der Waals surface area contributed by atoms with Crippen LogP contribution in [0.3, 0.4) is 0 Å². The number of sulfonamides is 1. The van der Waals surface area contributed by atoms with Crippen LogP contribution in [-0.4, -0.2) is 8.42 Å². The molecule has 0 radical (unpaired) electrons. The summed E-state index contributed by atoms with van der Waals surface area (Å²) in [4.78, 5) is 0.0849. The van der Waals surface area contributed by atoms with Crippen LogP contribution in [0.1, 0.15) is 23.6 Å². The molecule has 2 aromatic carbocycles. The van der Waals surface area contributed by atoms with Gasteiger partial charge in [-0.25, -0.2) is 13.1 Å². The first kappa shape index (κ1) is 17.5. The molecule has 3 nitrogen and oxygen atoms in total. The molecular weight excluding hydrogens is 327 g/mol. The standard InChI is InChI=1S/C16H16F3NO2S/c1-2-12-6-8-15(9-7-12)23(21,22)20-11-13-4-3-5-14(10-13)16(17,18)19/h3-10,20H,2,11H2,1H3. The van der Waals surface area contributed by atoms with Gasteiger partial charge in [0.05, 0.1) is 10.5 Å². The highest BCUT2D eigenvalue weighted by Gasteiger charge is 2.30. The fourth-order valence-electron chi connectivity index (χ4n) is 2.02. The zero-order chi connectivity index (χ0) is 17.1. The van der Waals surface area contributed by atoms with Crippen LogP contribution in [0.15, 0.2) is 53.4 Å². The van der Waals surface area contributed by atoms with E-state index in [-0.39, 0.29) is 17.0 Å². The molecule has 0 aliphatic heterocycles. The van der Waals surface area contributed by atoms with Crippen LogP contribution >= 0.6 is 0 Å². The van der Waals surface area contributed by atoms with Gasteiger partial charge >= 0.3 is 6.18 Å². The van der Waals surface area contributed by atoms with Crippen LogP contribution in [0.5, 0.6) is 0 Å². The van der Waals surface area contributed by atoms with E-state index in [0.717, 1.165) is 24.1 Å². The maximum atomic E-state index is 12.6. The molecule has 23 heavy (non-hydrogen) atoms. The van der Waals surface area contributed by atoms with Gasteiger partial charge in [0, 0.05) is 6.54 Å². The van der Waals surface area contributed by atoms with Gasteiger partial charge < -0.3 is 0 Å². The van der Waals surface area contributed by atoms with Crippen LogP contribution < -0.4 is 4.72 Å². The van der Waals surface area contributed by atoms with Crippen molar-refractivity contribution in [1.82, 2.24) is 4.72 Å². The number of hydrogen-bond donors (Lipinski definition) is 1. The van der Waals surface area contributed by atoms with Crippen molar-refractivity contribution in [3.8, 4) is 0 Å². The van der Waals surface area contributed by atoms with Crippen LogP contribution in [0.25, 0.3) is 0 Å². The van der Waals surface area contributed by atoms with Crippen molar-refractivity contribution in [3.05, 3.63) is 65.2 Å². The SMILES string of the molecule is CCc1ccc(S(=O)(=O)NCc2cccc(C(F)(F)F)c2)cc1. The van der Waals surface area contributed by atoms with Crippen molar-refractivity contribution in [2.75, 3.05) is 0 Å². The summed E-state index contributed by atoms with van der Waals surface area (Å²) in [5.74, 6) is 0. The lowest BCUT2D eigenvalue weighted by molar-refractivity contribution is -0.137. The summed E-state index contributed by atoms with van der Waals surface area (Å²) in [6.07, 6.45) is -3.66. The molecule has 0 saturated carbocycles. The number of hydrogen-bond acceptors (Lipinski definition) is 2. The Hall–Kier alpha value is -1.86. The summed E-state index contributed by atoms with van der Waals surface area (Å²) in [6, 6.07) is 10.9. The summed E-state index contributed by atoms with van der Waals surface area (Å²) in [6.45, 7) is 1.75. The van der Waals surface area contributed by atoms with Crippen molar-refractivity contribution < 1.29 is 21.6 Å². The Bertz CT molecular complexity index is 769. The van der Waals surface area contributed by atoms with Gasteiger partial charge in [0.15, 0.2) is 0 Å². The van der Waals surface area contributed by atoms with Gasteiger partial charge in [0.25, 0.3) is 0 Å². The number of nitrogens with one attached hydrogen (secondary N) is 1. The summed E-state index contributed by atoms with van der Waals surface area (Å²) in [5.41, 5.74) is 0.442. The zero-order valence-corrected chi connectivity index (χ0v) is 13.2. The number of aryl methyl sites for hydroxylation is 1. The minimum Gasteiger partial charge on any atom is -0.207 e. The summed E-state index contributed by atoms with van der Waals surface area (Å²) in [5, 5.41) is 0. The van der Waals surface area contributed by atoms with Crippen LogP contribution in [0.2, 0.25) is 0 Å². The molecule has 0 saturated heterocycles. The minimum absolute atomic E-state index is 0.0849. The largest absolute Gasteiger partial charge is 0.416 e. The molecule has 0 aliphatic carbocycles. The molecule has 0 aliphatic rings. The van der Waals surface area contributed by atoms with Crippen LogP contribution in [0, 0.1) is 0 Å². The van der Waals surface area contributed by atoms with Gasteiger partial charge in [-0.2, -0.15) is 13.2 Å². The van der Waals surface area contributed by atoms with E-state index in [1.165, 1.54) is 24.3 Å². The second kappa shape index (κ2) is 6.72. The van der Waals surface area contributed by atoms with Gasteiger partial charge in [-0.3, -0.25) is 0 Å². The average molecular weight is 343 g/mol. The molecule has 0 spiro atoms. The first-order chi connectivity index (χ1) is 10.7. The van der Waals surface area contributed by atoms with Gasteiger partial charge in [-0.15, -0.1) is 0 Å². The van der Waals surface area contributed by atoms with Gasteiger partial charge in [-0.05, 0) is 35.7 Å². The summed E-state index contributed by atoms with van der Waals surface area (Å²) >= 11 is 0. The van der Waals surface area contributed by atoms with E-state index in [2.05, 4.69) is 4.72 Å². The molecule has 0 atom stereocenters. The predicted octanol–water partition coefficient (Wildman–Crippen LogP) is 3.75. The van der Waals surface area contributed by atoms with Crippen molar-refractivity contribution in [2.45, 2.75) is 31.0 Å².